The lowest BCUT2D eigenvalue weighted by atomic mass is 10.2. The Hall–Kier alpha value is -2.65. The molecule has 0 aliphatic carbocycles. The Kier molecular flexibility index (Phi) is 5.92. The summed E-state index contributed by atoms with van der Waals surface area (Å²) in [5, 5.41) is 20.5. The minimum atomic E-state index is -0.958. The van der Waals surface area contributed by atoms with E-state index in [0.29, 0.717) is 21.9 Å². The Bertz CT molecular complexity index is 967. The average Bonchev–Trinajstić information content (AvgIpc) is 3.22. The highest BCUT2D eigenvalue weighted by molar-refractivity contribution is 9.10. The van der Waals surface area contributed by atoms with Crippen LogP contribution in [-0.2, 0) is 17.9 Å². The van der Waals surface area contributed by atoms with E-state index in [-0.39, 0.29) is 18.7 Å². The maximum Gasteiger partial charge on any atom is 0.305 e. The summed E-state index contributed by atoms with van der Waals surface area (Å²) in [6.45, 7) is 0.624. The van der Waals surface area contributed by atoms with Crippen LogP contribution in [0.15, 0.2) is 47.2 Å². The number of benzene rings is 1. The topological polar surface area (TPSA) is 102 Å². The molecule has 0 fully saturated rings. The van der Waals surface area contributed by atoms with Gasteiger partial charge in [-0.2, -0.15) is 10.2 Å². The number of carboxylic acid groups (broad SMARTS) is 1. The first-order valence-electron chi connectivity index (χ1n) is 7.95. The van der Waals surface area contributed by atoms with Gasteiger partial charge in [0.15, 0.2) is 5.82 Å². The third kappa shape index (κ3) is 4.95. The predicted octanol–water partition coefficient (Wildman–Crippen LogP) is 3.27. The van der Waals surface area contributed by atoms with Crippen LogP contribution in [0.1, 0.15) is 22.5 Å². The Morgan fingerprint density at radius 3 is 2.67 bits per heavy atom. The maximum atomic E-state index is 12.5. The van der Waals surface area contributed by atoms with E-state index in [1.165, 1.54) is 16.9 Å². The Morgan fingerprint density at radius 2 is 1.96 bits per heavy atom. The van der Waals surface area contributed by atoms with E-state index < -0.39 is 11.9 Å². The molecule has 3 aromatic rings. The van der Waals surface area contributed by atoms with Crippen molar-refractivity contribution >= 4 is 45.2 Å². The van der Waals surface area contributed by atoms with Crippen molar-refractivity contribution in [2.75, 3.05) is 5.32 Å². The van der Waals surface area contributed by atoms with E-state index in [4.69, 9.17) is 16.7 Å². The molecule has 2 N–H and O–H groups in total. The molecule has 2 heterocycles. The van der Waals surface area contributed by atoms with Crippen molar-refractivity contribution in [3.8, 4) is 0 Å². The van der Waals surface area contributed by atoms with E-state index in [0.717, 1.165) is 5.56 Å². The number of aromatic nitrogens is 4. The minimum Gasteiger partial charge on any atom is -0.481 e. The summed E-state index contributed by atoms with van der Waals surface area (Å²) in [4.78, 5) is 23.2. The molecule has 0 saturated carbocycles. The fourth-order valence-corrected chi connectivity index (χ4v) is 2.96. The van der Waals surface area contributed by atoms with Crippen LogP contribution in [0.3, 0.4) is 0 Å². The van der Waals surface area contributed by atoms with Gasteiger partial charge >= 0.3 is 5.97 Å². The summed E-state index contributed by atoms with van der Waals surface area (Å²) in [5.41, 5.74) is 1.27. The van der Waals surface area contributed by atoms with Gasteiger partial charge in [0, 0.05) is 17.4 Å². The SMILES string of the molecule is O=C(O)CCn1nccc1C(=O)Nc1nn(Cc2ccc(Cl)cc2)cc1Br. The number of anilines is 1. The number of carbonyl (C=O) groups excluding carboxylic acids is 1. The quantitative estimate of drug-likeness (QED) is 0.573. The Labute approximate surface area is 167 Å². The van der Waals surface area contributed by atoms with Gasteiger partial charge in [-0.25, -0.2) is 0 Å². The molecule has 0 aliphatic heterocycles. The molecule has 27 heavy (non-hydrogen) atoms. The van der Waals surface area contributed by atoms with Gasteiger partial charge in [0.1, 0.15) is 5.69 Å². The van der Waals surface area contributed by atoms with Crippen molar-refractivity contribution in [3.05, 3.63) is 63.5 Å². The zero-order valence-corrected chi connectivity index (χ0v) is 16.3. The molecule has 0 radical (unpaired) electrons. The highest BCUT2D eigenvalue weighted by Gasteiger charge is 2.16. The highest BCUT2D eigenvalue weighted by atomic mass is 79.9. The monoisotopic (exact) mass is 451 g/mol. The zero-order chi connectivity index (χ0) is 19.4. The molecule has 3 rings (SSSR count). The fourth-order valence-electron chi connectivity index (χ4n) is 2.42. The summed E-state index contributed by atoms with van der Waals surface area (Å²) in [5.74, 6) is -1.02. The van der Waals surface area contributed by atoms with E-state index in [1.807, 2.05) is 12.1 Å². The number of carbonyl (C=O) groups is 2. The molecule has 140 valence electrons. The lowest BCUT2D eigenvalue weighted by molar-refractivity contribution is -0.137. The van der Waals surface area contributed by atoms with Crippen molar-refractivity contribution in [1.82, 2.24) is 19.6 Å². The van der Waals surface area contributed by atoms with Crippen LogP contribution < -0.4 is 5.32 Å². The van der Waals surface area contributed by atoms with Crippen LogP contribution in [0.25, 0.3) is 0 Å². The fraction of sp³-hybridized carbons (Fsp3) is 0.176. The van der Waals surface area contributed by atoms with Gasteiger partial charge in [-0.15, -0.1) is 0 Å². The number of rotatable bonds is 7. The molecule has 0 atom stereocenters. The van der Waals surface area contributed by atoms with Crippen molar-refractivity contribution in [2.45, 2.75) is 19.5 Å². The largest absolute Gasteiger partial charge is 0.481 e. The number of aryl methyl sites for hydroxylation is 1. The van der Waals surface area contributed by atoms with Gasteiger partial charge < -0.3 is 10.4 Å². The molecule has 0 aliphatic rings. The average molecular weight is 453 g/mol. The molecule has 8 nitrogen and oxygen atoms in total. The number of halogens is 2. The number of hydrogen-bond donors (Lipinski definition) is 2. The minimum absolute atomic E-state index is 0.108. The number of amides is 1. The van der Waals surface area contributed by atoms with Crippen molar-refractivity contribution < 1.29 is 14.7 Å². The van der Waals surface area contributed by atoms with E-state index in [9.17, 15) is 9.59 Å². The molecule has 2 aromatic heterocycles. The Balaban J connectivity index is 1.70. The molecular weight excluding hydrogens is 438 g/mol. The van der Waals surface area contributed by atoms with Crippen LogP contribution >= 0.6 is 27.5 Å². The van der Waals surface area contributed by atoms with Gasteiger partial charge in [-0.05, 0) is 39.7 Å². The lowest BCUT2D eigenvalue weighted by Crippen LogP contribution is -2.19. The molecule has 1 amide bonds. The smallest absolute Gasteiger partial charge is 0.305 e. The third-order valence-corrected chi connectivity index (χ3v) is 4.53. The van der Waals surface area contributed by atoms with Crippen molar-refractivity contribution in [2.24, 2.45) is 0 Å². The first kappa shape index (κ1) is 19.1. The first-order chi connectivity index (χ1) is 12.9. The van der Waals surface area contributed by atoms with Gasteiger partial charge in [-0.1, -0.05) is 23.7 Å². The lowest BCUT2D eigenvalue weighted by Gasteiger charge is -2.06. The molecule has 10 heteroatoms. The van der Waals surface area contributed by atoms with Crippen molar-refractivity contribution in [1.29, 1.82) is 0 Å². The standard InChI is InChI=1S/C17H15BrClN5O3/c18-13-10-23(9-11-1-3-12(19)4-2-11)22-16(13)21-17(27)14-5-7-20-24(14)8-6-15(25)26/h1-5,7,10H,6,8-9H2,(H,25,26)(H,21,22,27). The van der Waals surface area contributed by atoms with Crippen LogP contribution in [0.4, 0.5) is 5.82 Å². The second-order valence-corrected chi connectivity index (χ2v) is 6.98. The summed E-state index contributed by atoms with van der Waals surface area (Å²) < 4.78 is 3.66. The first-order valence-corrected chi connectivity index (χ1v) is 9.12. The maximum absolute atomic E-state index is 12.5. The van der Waals surface area contributed by atoms with E-state index >= 15 is 0 Å². The van der Waals surface area contributed by atoms with Gasteiger partial charge in [0.25, 0.3) is 5.91 Å². The van der Waals surface area contributed by atoms with E-state index in [1.54, 1.807) is 23.0 Å². The third-order valence-electron chi connectivity index (χ3n) is 3.69. The molecule has 0 bridgehead atoms. The number of aliphatic carboxylic acids is 1. The summed E-state index contributed by atoms with van der Waals surface area (Å²) in [6, 6.07) is 8.93. The number of carboxylic acids is 1. The normalized spacial score (nSPS) is 10.7. The number of nitrogens with one attached hydrogen (secondary N) is 1. The second-order valence-electron chi connectivity index (χ2n) is 5.69. The number of nitrogens with zero attached hydrogens (tertiary/aromatic N) is 4. The second kappa shape index (κ2) is 8.36. The van der Waals surface area contributed by atoms with Gasteiger partial charge in [0.2, 0.25) is 0 Å². The van der Waals surface area contributed by atoms with Crippen LogP contribution in [0, 0.1) is 0 Å². The summed E-state index contributed by atoms with van der Waals surface area (Å²) in [6.07, 6.45) is 3.08. The van der Waals surface area contributed by atoms with Gasteiger partial charge in [0.05, 0.1) is 24.0 Å². The predicted molar refractivity (Wildman–Crippen MR) is 103 cm³/mol. The summed E-state index contributed by atoms with van der Waals surface area (Å²) >= 11 is 9.27. The Morgan fingerprint density at radius 1 is 1.22 bits per heavy atom. The molecule has 1 aromatic carbocycles. The molecule has 0 saturated heterocycles. The molecular formula is C17H15BrClN5O3. The van der Waals surface area contributed by atoms with Crippen molar-refractivity contribution in [3.63, 3.8) is 0 Å². The molecule has 0 unspecified atom stereocenters. The zero-order valence-electron chi connectivity index (χ0n) is 14.0. The van der Waals surface area contributed by atoms with Crippen LogP contribution in [-0.4, -0.2) is 36.5 Å². The molecule has 0 spiro atoms. The van der Waals surface area contributed by atoms with Crippen LogP contribution in [0.2, 0.25) is 5.02 Å². The van der Waals surface area contributed by atoms with E-state index in [2.05, 4.69) is 31.4 Å². The van der Waals surface area contributed by atoms with Gasteiger partial charge in [-0.3, -0.25) is 19.0 Å². The number of hydrogen-bond acceptors (Lipinski definition) is 4. The van der Waals surface area contributed by atoms with Crippen LogP contribution in [0.5, 0.6) is 0 Å². The highest BCUT2D eigenvalue weighted by Crippen LogP contribution is 2.22. The summed E-state index contributed by atoms with van der Waals surface area (Å²) in [7, 11) is 0.